The van der Waals surface area contributed by atoms with Crippen LogP contribution in [0.3, 0.4) is 0 Å². The molecule has 10 nitrogen and oxygen atoms in total. The molecule has 0 unspecified atom stereocenters. The smallest absolute Gasteiger partial charge is 0.190 e. The molecule has 0 amide bonds. The maximum absolute atomic E-state index is 13.4. The summed E-state index contributed by atoms with van der Waals surface area (Å²) in [5.74, 6) is -2.93. The van der Waals surface area contributed by atoms with Crippen LogP contribution in [0.15, 0.2) is 30.3 Å². The van der Waals surface area contributed by atoms with Crippen molar-refractivity contribution in [2.75, 3.05) is 6.61 Å². The zero-order valence-electron chi connectivity index (χ0n) is 22.2. The van der Waals surface area contributed by atoms with Gasteiger partial charge in [-0.1, -0.05) is 30.3 Å². The van der Waals surface area contributed by atoms with E-state index in [0.29, 0.717) is 6.61 Å². The highest BCUT2D eigenvalue weighted by Gasteiger charge is 2.58. The summed E-state index contributed by atoms with van der Waals surface area (Å²) in [6.45, 7) is 11.3. The lowest BCUT2D eigenvalue weighted by Gasteiger charge is -2.29. The summed E-state index contributed by atoms with van der Waals surface area (Å²) in [4.78, 5) is 13.4. The average Bonchev–Trinajstić information content (AvgIpc) is 3.51. The monoisotopic (exact) mass is 522 g/mol. The number of benzene rings is 1. The maximum atomic E-state index is 13.4. The van der Waals surface area contributed by atoms with E-state index in [-0.39, 0.29) is 18.8 Å². The van der Waals surface area contributed by atoms with E-state index in [0.717, 1.165) is 5.56 Å². The molecule has 8 atom stereocenters. The van der Waals surface area contributed by atoms with Gasteiger partial charge in [0.1, 0.15) is 36.6 Å². The molecule has 4 aliphatic rings. The molecule has 206 valence electrons. The lowest BCUT2D eigenvalue weighted by molar-refractivity contribution is -0.230. The number of ketones is 1. The lowest BCUT2D eigenvalue weighted by Crippen LogP contribution is -2.46. The van der Waals surface area contributed by atoms with E-state index in [1.54, 1.807) is 27.7 Å². The topological polar surface area (TPSA) is 111 Å². The number of fused-ring (bicyclic) bond motifs is 1. The molecule has 1 N–H and O–H groups in total. The van der Waals surface area contributed by atoms with Crippen molar-refractivity contribution in [2.45, 2.75) is 121 Å². The first-order valence-corrected chi connectivity index (χ1v) is 12.9. The number of carbonyl (C=O) groups is 1. The van der Waals surface area contributed by atoms with Crippen LogP contribution in [0.25, 0.3) is 0 Å². The van der Waals surface area contributed by atoms with Crippen molar-refractivity contribution in [1.29, 1.82) is 0 Å². The van der Waals surface area contributed by atoms with Crippen molar-refractivity contribution in [3.8, 4) is 0 Å². The molecular formula is C27H38O10. The maximum Gasteiger partial charge on any atom is 0.190 e. The predicted molar refractivity (Wildman–Crippen MR) is 128 cm³/mol. The van der Waals surface area contributed by atoms with Gasteiger partial charge in [0.25, 0.3) is 0 Å². The van der Waals surface area contributed by atoms with Crippen LogP contribution in [0.4, 0.5) is 0 Å². The van der Waals surface area contributed by atoms with Gasteiger partial charge in [0.15, 0.2) is 29.4 Å². The van der Waals surface area contributed by atoms with E-state index < -0.39 is 66.4 Å². The van der Waals surface area contributed by atoms with Gasteiger partial charge < -0.3 is 43.0 Å². The Bertz CT molecular complexity index is 963. The SMILES string of the molecule is CC1(C)O[C@H]2O[C@H]([C@H](O)CC(=O)[C@H]3OC(C)(C)O[C@@H]3[C@H]3COC(C)(C)O3)[C@H](OCc3ccccc3)[C@H]2O1. The van der Waals surface area contributed by atoms with Crippen LogP contribution in [-0.2, 0) is 49.3 Å². The van der Waals surface area contributed by atoms with Crippen LogP contribution in [0.2, 0.25) is 0 Å². The summed E-state index contributed by atoms with van der Waals surface area (Å²) in [5.41, 5.74) is 0.969. The van der Waals surface area contributed by atoms with Gasteiger partial charge in [0, 0.05) is 6.42 Å². The number of carbonyl (C=O) groups excluding carboxylic acids is 1. The summed E-state index contributed by atoms with van der Waals surface area (Å²) in [6.07, 6.45) is -6.22. The van der Waals surface area contributed by atoms with Gasteiger partial charge >= 0.3 is 0 Å². The van der Waals surface area contributed by atoms with Gasteiger partial charge in [-0.05, 0) is 47.1 Å². The van der Waals surface area contributed by atoms with Gasteiger partial charge in [0.05, 0.1) is 19.3 Å². The molecule has 0 bridgehead atoms. The second-order valence-electron chi connectivity index (χ2n) is 11.5. The molecule has 4 fully saturated rings. The Kier molecular flexibility index (Phi) is 7.27. The minimum absolute atomic E-state index is 0.226. The molecule has 37 heavy (non-hydrogen) atoms. The van der Waals surface area contributed by atoms with E-state index in [1.807, 2.05) is 44.2 Å². The van der Waals surface area contributed by atoms with E-state index in [1.165, 1.54) is 0 Å². The fourth-order valence-corrected chi connectivity index (χ4v) is 5.40. The second-order valence-corrected chi connectivity index (χ2v) is 11.5. The lowest BCUT2D eigenvalue weighted by atomic mass is 9.96. The second kappa shape index (κ2) is 9.93. The Morgan fingerprint density at radius 3 is 2.30 bits per heavy atom. The van der Waals surface area contributed by atoms with Crippen LogP contribution in [0.5, 0.6) is 0 Å². The van der Waals surface area contributed by atoms with Gasteiger partial charge in [-0.3, -0.25) is 4.79 Å². The van der Waals surface area contributed by atoms with Crippen molar-refractivity contribution >= 4 is 5.78 Å². The van der Waals surface area contributed by atoms with Crippen LogP contribution in [0.1, 0.15) is 53.5 Å². The fraction of sp³-hybridized carbons (Fsp3) is 0.741. The van der Waals surface area contributed by atoms with Gasteiger partial charge in [-0.15, -0.1) is 0 Å². The summed E-state index contributed by atoms with van der Waals surface area (Å²) < 4.78 is 47.8. The van der Waals surface area contributed by atoms with Crippen molar-refractivity contribution in [3.63, 3.8) is 0 Å². The van der Waals surface area contributed by atoms with E-state index >= 15 is 0 Å². The Morgan fingerprint density at radius 1 is 0.946 bits per heavy atom. The molecule has 0 radical (unpaired) electrons. The molecule has 1 aromatic carbocycles. The van der Waals surface area contributed by atoms with Crippen molar-refractivity contribution in [2.24, 2.45) is 0 Å². The van der Waals surface area contributed by atoms with Gasteiger partial charge in [0.2, 0.25) is 0 Å². The first kappa shape index (κ1) is 27.1. The highest BCUT2D eigenvalue weighted by molar-refractivity contribution is 5.84. The molecule has 10 heteroatoms. The molecule has 4 aliphatic heterocycles. The minimum Gasteiger partial charge on any atom is -0.390 e. The molecule has 4 saturated heterocycles. The highest BCUT2D eigenvalue weighted by Crippen LogP contribution is 2.41. The molecular weight excluding hydrogens is 484 g/mol. The molecule has 0 saturated carbocycles. The zero-order valence-corrected chi connectivity index (χ0v) is 22.2. The quantitative estimate of drug-likeness (QED) is 0.546. The predicted octanol–water partition coefficient (Wildman–Crippen LogP) is 2.44. The number of ether oxygens (including phenoxy) is 8. The normalized spacial score (nSPS) is 38.5. The van der Waals surface area contributed by atoms with Crippen LogP contribution in [0, 0.1) is 0 Å². The number of aliphatic hydroxyl groups is 1. The average molecular weight is 523 g/mol. The Hall–Kier alpha value is -1.47. The van der Waals surface area contributed by atoms with Crippen molar-refractivity contribution in [3.05, 3.63) is 35.9 Å². The Morgan fingerprint density at radius 2 is 1.62 bits per heavy atom. The summed E-state index contributed by atoms with van der Waals surface area (Å²) >= 11 is 0. The Labute approximate surface area is 217 Å². The standard InChI is InChI=1S/C27H38O10/c1-25(2)31-14-18(33-25)21-20(34-26(3,4)35-21)17(29)12-16(28)19-22(30-13-15-10-8-7-9-11-15)23-24(32-19)37-27(5,6)36-23/h7-11,16,18-24,28H,12-14H2,1-6H3/t16-,18-,19-,20-,21-,22+,23-,24-/m1/s1. The minimum atomic E-state index is -1.18. The summed E-state index contributed by atoms with van der Waals surface area (Å²) in [5, 5.41) is 11.2. The largest absolute Gasteiger partial charge is 0.390 e. The first-order valence-electron chi connectivity index (χ1n) is 12.9. The number of aliphatic hydroxyl groups excluding tert-OH is 1. The van der Waals surface area contributed by atoms with E-state index in [9.17, 15) is 9.90 Å². The first-order chi connectivity index (χ1) is 17.3. The molecule has 0 spiro atoms. The van der Waals surface area contributed by atoms with Crippen molar-refractivity contribution in [1.82, 2.24) is 0 Å². The third kappa shape index (κ3) is 5.93. The third-order valence-corrected chi connectivity index (χ3v) is 6.95. The van der Waals surface area contributed by atoms with Crippen LogP contribution in [-0.4, -0.2) is 83.9 Å². The Balaban J connectivity index is 1.28. The van der Waals surface area contributed by atoms with Crippen LogP contribution < -0.4 is 0 Å². The molecule has 0 aliphatic carbocycles. The van der Waals surface area contributed by atoms with Crippen molar-refractivity contribution < 1.29 is 47.8 Å². The molecule has 0 aromatic heterocycles. The number of rotatable bonds is 8. The van der Waals surface area contributed by atoms with Crippen LogP contribution >= 0.6 is 0 Å². The highest BCUT2D eigenvalue weighted by atomic mass is 16.8. The fourth-order valence-electron chi connectivity index (χ4n) is 5.40. The van der Waals surface area contributed by atoms with Gasteiger partial charge in [-0.25, -0.2) is 0 Å². The van der Waals surface area contributed by atoms with E-state index in [4.69, 9.17) is 37.9 Å². The van der Waals surface area contributed by atoms with Gasteiger partial charge in [-0.2, -0.15) is 0 Å². The molecule has 1 aromatic rings. The summed E-state index contributed by atoms with van der Waals surface area (Å²) in [7, 11) is 0. The molecule has 5 rings (SSSR count). The van der Waals surface area contributed by atoms with E-state index in [2.05, 4.69) is 0 Å². The number of hydrogen-bond donors (Lipinski definition) is 1. The third-order valence-electron chi connectivity index (χ3n) is 6.95. The molecule has 4 heterocycles. The summed E-state index contributed by atoms with van der Waals surface area (Å²) in [6, 6.07) is 9.69. The number of hydrogen-bond acceptors (Lipinski definition) is 10. The number of Topliss-reactive ketones (excluding diaryl/α,β-unsaturated/α-hetero) is 1. The zero-order chi connectivity index (χ0) is 26.6.